The highest BCUT2D eigenvalue weighted by atomic mass is 32.2. The van der Waals surface area contributed by atoms with Gasteiger partial charge in [-0.3, -0.25) is 9.36 Å². The van der Waals surface area contributed by atoms with Crippen molar-refractivity contribution in [3.63, 3.8) is 0 Å². The van der Waals surface area contributed by atoms with Crippen molar-refractivity contribution in [1.29, 1.82) is 0 Å². The molecule has 0 aliphatic carbocycles. The third-order valence-corrected chi connectivity index (χ3v) is 4.35. The summed E-state index contributed by atoms with van der Waals surface area (Å²) in [5.74, 6) is -1.05. The first kappa shape index (κ1) is 13.9. The zero-order valence-electron chi connectivity index (χ0n) is 10.2. The van der Waals surface area contributed by atoms with Gasteiger partial charge in [-0.15, -0.1) is 16.4 Å². The lowest BCUT2D eigenvalue weighted by Gasteiger charge is -2.12. The van der Waals surface area contributed by atoms with E-state index in [9.17, 15) is 9.59 Å². The number of H-pyrrole nitrogens is 1. The minimum atomic E-state index is -0.932. The summed E-state index contributed by atoms with van der Waals surface area (Å²) < 4.78 is 1.51. The molecule has 0 fully saturated rings. The summed E-state index contributed by atoms with van der Waals surface area (Å²) in [6.45, 7) is 1.92. The normalized spacial score (nSPS) is 12.5. The van der Waals surface area contributed by atoms with Gasteiger partial charge in [-0.1, -0.05) is 17.8 Å². The average Bonchev–Trinajstić information content (AvgIpc) is 2.96. The highest BCUT2D eigenvalue weighted by Crippen LogP contribution is 2.21. The van der Waals surface area contributed by atoms with E-state index in [1.54, 1.807) is 11.3 Å². The molecule has 1 atom stereocenters. The van der Waals surface area contributed by atoms with Gasteiger partial charge in [0.1, 0.15) is 0 Å². The number of aromatic amines is 1. The second-order valence-corrected chi connectivity index (χ2v) is 5.97. The van der Waals surface area contributed by atoms with Crippen LogP contribution in [0.5, 0.6) is 0 Å². The Morgan fingerprint density at radius 1 is 1.68 bits per heavy atom. The number of nitrogens with one attached hydrogen (secondary N) is 1. The predicted octanol–water partition coefficient (Wildman–Crippen LogP) is 1.61. The number of nitrogens with zero attached hydrogens (tertiary/aromatic N) is 2. The third kappa shape index (κ3) is 3.48. The van der Waals surface area contributed by atoms with Gasteiger partial charge in [0.15, 0.2) is 5.16 Å². The Kier molecular flexibility index (Phi) is 4.43. The van der Waals surface area contributed by atoms with E-state index in [4.69, 9.17) is 5.11 Å². The van der Waals surface area contributed by atoms with Gasteiger partial charge in [0.05, 0.1) is 5.75 Å². The molecule has 2 heterocycles. The number of thioether (sulfide) groups is 1. The number of hydrogen-bond acceptors (Lipinski definition) is 5. The molecule has 102 valence electrons. The van der Waals surface area contributed by atoms with E-state index in [1.165, 1.54) is 9.44 Å². The van der Waals surface area contributed by atoms with Gasteiger partial charge in [-0.2, -0.15) is 0 Å². The molecule has 2 rings (SSSR count). The molecule has 6 nitrogen and oxygen atoms in total. The average molecular weight is 299 g/mol. The first-order valence-electron chi connectivity index (χ1n) is 5.62. The fourth-order valence-corrected chi connectivity index (χ4v) is 3.31. The maximum absolute atomic E-state index is 11.7. The van der Waals surface area contributed by atoms with Crippen molar-refractivity contribution in [3.05, 3.63) is 32.9 Å². The lowest BCUT2D eigenvalue weighted by molar-refractivity contribution is -0.133. The van der Waals surface area contributed by atoms with E-state index >= 15 is 0 Å². The molecular formula is C11H13N3O3S2. The van der Waals surface area contributed by atoms with Gasteiger partial charge in [0.2, 0.25) is 0 Å². The van der Waals surface area contributed by atoms with E-state index in [-0.39, 0.29) is 17.5 Å². The van der Waals surface area contributed by atoms with Crippen molar-refractivity contribution in [2.75, 3.05) is 5.75 Å². The molecule has 0 radical (unpaired) electrons. The van der Waals surface area contributed by atoms with E-state index in [2.05, 4.69) is 10.2 Å². The molecular weight excluding hydrogens is 286 g/mol. The Morgan fingerprint density at radius 2 is 2.47 bits per heavy atom. The minimum Gasteiger partial charge on any atom is -0.481 e. The minimum absolute atomic E-state index is 0.0683. The maximum atomic E-state index is 11.7. The first-order valence-corrected chi connectivity index (χ1v) is 7.48. The molecule has 0 saturated carbocycles. The van der Waals surface area contributed by atoms with E-state index in [1.807, 2.05) is 24.4 Å². The Morgan fingerprint density at radius 3 is 3.11 bits per heavy atom. The smallest absolute Gasteiger partial charge is 0.344 e. The van der Waals surface area contributed by atoms with Crippen LogP contribution < -0.4 is 5.69 Å². The highest BCUT2D eigenvalue weighted by Gasteiger charge is 2.16. The number of carboxylic acid groups (broad SMARTS) is 1. The Bertz CT molecular complexity index is 603. The predicted molar refractivity (Wildman–Crippen MR) is 73.9 cm³/mol. The first-order chi connectivity index (χ1) is 9.08. The second kappa shape index (κ2) is 6.07. The van der Waals surface area contributed by atoms with Gasteiger partial charge >= 0.3 is 11.7 Å². The Hall–Kier alpha value is -1.54. The monoisotopic (exact) mass is 299 g/mol. The maximum Gasteiger partial charge on any atom is 0.344 e. The second-order valence-electron chi connectivity index (χ2n) is 4.00. The van der Waals surface area contributed by atoms with Crippen LogP contribution in [0.1, 0.15) is 17.8 Å². The van der Waals surface area contributed by atoms with Gasteiger partial charge in [0, 0.05) is 17.3 Å². The molecule has 0 saturated heterocycles. The van der Waals surface area contributed by atoms with E-state index in [0.717, 1.165) is 18.2 Å². The van der Waals surface area contributed by atoms with Crippen LogP contribution in [0.4, 0.5) is 0 Å². The topological polar surface area (TPSA) is 88.0 Å². The highest BCUT2D eigenvalue weighted by molar-refractivity contribution is 7.99. The number of aromatic nitrogens is 3. The van der Waals surface area contributed by atoms with Crippen LogP contribution in [-0.2, 0) is 11.2 Å². The number of aliphatic carboxylic acids is 1. The van der Waals surface area contributed by atoms with E-state index in [0.29, 0.717) is 5.16 Å². The van der Waals surface area contributed by atoms with Gasteiger partial charge in [0.25, 0.3) is 0 Å². The lowest BCUT2D eigenvalue weighted by Crippen LogP contribution is -2.22. The summed E-state index contributed by atoms with van der Waals surface area (Å²) in [6.07, 6.45) is 0.720. The van der Waals surface area contributed by atoms with Crippen molar-refractivity contribution in [3.8, 4) is 0 Å². The van der Waals surface area contributed by atoms with Crippen molar-refractivity contribution < 1.29 is 9.90 Å². The van der Waals surface area contributed by atoms with Crippen molar-refractivity contribution in [2.45, 2.75) is 24.5 Å². The third-order valence-electron chi connectivity index (χ3n) is 2.51. The fourth-order valence-electron chi connectivity index (χ4n) is 1.72. The molecule has 0 bridgehead atoms. The van der Waals surface area contributed by atoms with Crippen LogP contribution in [0.25, 0.3) is 0 Å². The molecule has 8 heteroatoms. The molecule has 0 aliphatic heterocycles. The van der Waals surface area contributed by atoms with Gasteiger partial charge in [-0.25, -0.2) is 9.89 Å². The quantitative estimate of drug-likeness (QED) is 0.791. The van der Waals surface area contributed by atoms with Crippen molar-refractivity contribution >= 4 is 29.1 Å². The number of rotatable bonds is 6. The van der Waals surface area contributed by atoms with Crippen LogP contribution in [0.3, 0.4) is 0 Å². The summed E-state index contributed by atoms with van der Waals surface area (Å²) in [6, 6.07) is 3.91. The van der Waals surface area contributed by atoms with Crippen LogP contribution >= 0.6 is 23.1 Å². The van der Waals surface area contributed by atoms with Crippen LogP contribution in [-0.4, -0.2) is 31.6 Å². The molecule has 0 aromatic carbocycles. The summed E-state index contributed by atoms with van der Waals surface area (Å²) in [7, 11) is 0. The largest absolute Gasteiger partial charge is 0.481 e. The van der Waals surface area contributed by atoms with Crippen LogP contribution in [0.15, 0.2) is 27.5 Å². The molecule has 2 aromatic rings. The standard InChI is InChI=1S/C11H13N3O3S2/c1-7(5-8-3-2-4-18-8)14-10(17)12-13-11(14)19-6-9(15)16/h2-4,7H,5-6H2,1H3,(H,12,17)(H,15,16). The van der Waals surface area contributed by atoms with Crippen molar-refractivity contribution in [2.24, 2.45) is 0 Å². The Labute approximate surface area is 117 Å². The molecule has 1 unspecified atom stereocenters. The van der Waals surface area contributed by atoms with Gasteiger partial charge < -0.3 is 5.11 Å². The van der Waals surface area contributed by atoms with E-state index < -0.39 is 5.97 Å². The summed E-state index contributed by atoms with van der Waals surface area (Å²) >= 11 is 2.67. The summed E-state index contributed by atoms with van der Waals surface area (Å²) in [5.41, 5.74) is -0.308. The molecule has 2 N–H and O–H groups in total. The zero-order chi connectivity index (χ0) is 13.8. The molecule has 19 heavy (non-hydrogen) atoms. The Balaban J connectivity index is 2.16. The van der Waals surface area contributed by atoms with Gasteiger partial charge in [-0.05, 0) is 18.4 Å². The van der Waals surface area contributed by atoms with Crippen LogP contribution in [0.2, 0.25) is 0 Å². The lowest BCUT2D eigenvalue weighted by atomic mass is 10.2. The number of carbonyl (C=O) groups is 1. The summed E-state index contributed by atoms with van der Waals surface area (Å²) in [5, 5.41) is 17.3. The SMILES string of the molecule is CC(Cc1cccs1)n1c(SCC(=O)O)n[nH]c1=O. The molecule has 0 spiro atoms. The number of thiophene rings is 1. The number of hydrogen-bond donors (Lipinski definition) is 2. The van der Waals surface area contributed by atoms with Crippen molar-refractivity contribution in [1.82, 2.24) is 14.8 Å². The number of carboxylic acids is 1. The summed E-state index contributed by atoms with van der Waals surface area (Å²) in [4.78, 5) is 23.5. The molecule has 0 amide bonds. The zero-order valence-corrected chi connectivity index (χ0v) is 11.8. The van der Waals surface area contributed by atoms with Crippen LogP contribution in [0, 0.1) is 0 Å². The fraction of sp³-hybridized carbons (Fsp3) is 0.364. The molecule has 0 aliphatic rings. The molecule has 2 aromatic heterocycles.